The van der Waals surface area contributed by atoms with Crippen LogP contribution in [0.4, 0.5) is 11.5 Å². The number of hydrogen-bond acceptors (Lipinski definition) is 7. The van der Waals surface area contributed by atoms with Crippen LogP contribution in [0.25, 0.3) is 0 Å². The quantitative estimate of drug-likeness (QED) is 0.432. The summed E-state index contributed by atoms with van der Waals surface area (Å²) in [4.78, 5) is 33.0. The molecule has 0 radical (unpaired) electrons. The summed E-state index contributed by atoms with van der Waals surface area (Å²) in [7, 11) is 1.72. The number of carbonyl (C=O) groups is 1. The molecule has 0 unspecified atom stereocenters. The Morgan fingerprint density at radius 3 is 2.52 bits per heavy atom. The number of rotatable bonds is 7. The van der Waals surface area contributed by atoms with Crippen molar-refractivity contribution in [3.63, 3.8) is 0 Å². The number of ether oxygens (including phenoxy) is 1. The van der Waals surface area contributed by atoms with Gasteiger partial charge >= 0.3 is 11.7 Å². The first-order valence-corrected chi connectivity index (χ1v) is 7.94. The SMILES string of the molecule is CCOC(=O)c1ccnc(N(C)[C@H](CC)c2ccncc2)c1[N+](=O)[O-]. The lowest BCUT2D eigenvalue weighted by Gasteiger charge is -2.28. The molecule has 0 saturated carbocycles. The van der Waals surface area contributed by atoms with Gasteiger partial charge in [-0.1, -0.05) is 6.92 Å². The Kier molecular flexibility index (Phi) is 5.99. The van der Waals surface area contributed by atoms with Gasteiger partial charge in [-0.25, -0.2) is 9.78 Å². The standard InChI is InChI=1S/C17H20N4O4/c1-4-14(12-6-9-18-10-7-12)20(3)16-15(21(23)24)13(8-11-19-16)17(22)25-5-2/h6-11,14H,4-5H2,1-3H3/t14-/m1/s1. The van der Waals surface area contributed by atoms with E-state index in [1.807, 2.05) is 19.1 Å². The van der Waals surface area contributed by atoms with Crippen molar-refractivity contribution in [2.75, 3.05) is 18.6 Å². The largest absolute Gasteiger partial charge is 0.462 e. The number of hydrogen-bond donors (Lipinski definition) is 0. The molecule has 0 aromatic carbocycles. The summed E-state index contributed by atoms with van der Waals surface area (Å²) in [6.07, 6.45) is 5.42. The third kappa shape index (κ3) is 3.90. The molecule has 25 heavy (non-hydrogen) atoms. The molecule has 0 spiro atoms. The first kappa shape index (κ1) is 18.3. The highest BCUT2D eigenvalue weighted by Crippen LogP contribution is 2.35. The lowest BCUT2D eigenvalue weighted by Crippen LogP contribution is -2.26. The van der Waals surface area contributed by atoms with Gasteiger partial charge < -0.3 is 9.64 Å². The van der Waals surface area contributed by atoms with Crippen molar-refractivity contribution >= 4 is 17.5 Å². The Labute approximate surface area is 145 Å². The van der Waals surface area contributed by atoms with Crippen molar-refractivity contribution in [1.29, 1.82) is 0 Å². The number of pyridine rings is 2. The van der Waals surface area contributed by atoms with E-state index in [1.165, 1.54) is 12.3 Å². The molecule has 0 amide bonds. The first-order chi connectivity index (χ1) is 12.0. The van der Waals surface area contributed by atoms with E-state index < -0.39 is 10.9 Å². The highest BCUT2D eigenvalue weighted by atomic mass is 16.6. The van der Waals surface area contributed by atoms with E-state index in [1.54, 1.807) is 31.3 Å². The molecule has 0 fully saturated rings. The summed E-state index contributed by atoms with van der Waals surface area (Å²) in [6.45, 7) is 3.76. The van der Waals surface area contributed by atoms with E-state index in [4.69, 9.17) is 4.74 Å². The lowest BCUT2D eigenvalue weighted by molar-refractivity contribution is -0.384. The maximum Gasteiger partial charge on any atom is 0.345 e. The van der Waals surface area contributed by atoms with Gasteiger partial charge in [0, 0.05) is 25.6 Å². The van der Waals surface area contributed by atoms with E-state index in [9.17, 15) is 14.9 Å². The van der Waals surface area contributed by atoms with E-state index in [-0.39, 0.29) is 29.7 Å². The molecule has 8 nitrogen and oxygen atoms in total. The van der Waals surface area contributed by atoms with Crippen LogP contribution in [-0.4, -0.2) is 34.5 Å². The smallest absolute Gasteiger partial charge is 0.345 e. The summed E-state index contributed by atoms with van der Waals surface area (Å²) >= 11 is 0. The van der Waals surface area contributed by atoms with Gasteiger partial charge in [0.15, 0.2) is 0 Å². The maximum absolute atomic E-state index is 12.1. The predicted octanol–water partition coefficient (Wildman–Crippen LogP) is 3.15. The van der Waals surface area contributed by atoms with Crippen molar-refractivity contribution in [3.05, 3.63) is 58.0 Å². The van der Waals surface area contributed by atoms with E-state index in [2.05, 4.69) is 9.97 Å². The van der Waals surface area contributed by atoms with Gasteiger partial charge in [0.2, 0.25) is 5.82 Å². The molecule has 1 atom stereocenters. The van der Waals surface area contributed by atoms with Crippen LogP contribution in [0, 0.1) is 10.1 Å². The molecule has 2 heterocycles. The van der Waals surface area contributed by atoms with Crippen molar-refractivity contribution in [2.24, 2.45) is 0 Å². The highest BCUT2D eigenvalue weighted by Gasteiger charge is 2.31. The van der Waals surface area contributed by atoms with Crippen LogP contribution in [0.15, 0.2) is 36.8 Å². The lowest BCUT2D eigenvalue weighted by atomic mass is 10.0. The predicted molar refractivity (Wildman–Crippen MR) is 92.5 cm³/mol. The molecule has 2 aromatic heterocycles. The molecule has 2 aromatic rings. The van der Waals surface area contributed by atoms with Crippen LogP contribution < -0.4 is 4.90 Å². The minimum Gasteiger partial charge on any atom is -0.462 e. The molecule has 0 aliphatic heterocycles. The summed E-state index contributed by atoms with van der Waals surface area (Å²) < 4.78 is 4.93. The maximum atomic E-state index is 12.1. The van der Waals surface area contributed by atoms with Gasteiger partial charge in [-0.2, -0.15) is 0 Å². The second-order valence-electron chi connectivity index (χ2n) is 5.32. The normalized spacial score (nSPS) is 11.6. The first-order valence-electron chi connectivity index (χ1n) is 7.94. The Morgan fingerprint density at radius 2 is 1.96 bits per heavy atom. The van der Waals surface area contributed by atoms with E-state index in [0.717, 1.165) is 5.56 Å². The third-order valence-corrected chi connectivity index (χ3v) is 3.86. The molecule has 132 valence electrons. The molecular weight excluding hydrogens is 324 g/mol. The minimum absolute atomic E-state index is 0.103. The minimum atomic E-state index is -0.733. The zero-order valence-corrected chi connectivity index (χ0v) is 14.4. The molecular formula is C17H20N4O4. The van der Waals surface area contributed by atoms with Crippen LogP contribution >= 0.6 is 0 Å². The third-order valence-electron chi connectivity index (χ3n) is 3.86. The molecule has 0 N–H and O–H groups in total. The fourth-order valence-electron chi connectivity index (χ4n) is 2.72. The highest BCUT2D eigenvalue weighted by molar-refractivity contribution is 5.96. The number of anilines is 1. The number of aromatic nitrogens is 2. The molecule has 0 aliphatic rings. The van der Waals surface area contributed by atoms with Crippen molar-refractivity contribution < 1.29 is 14.5 Å². The Balaban J connectivity index is 2.52. The Bertz CT molecular complexity index is 752. The number of carbonyl (C=O) groups excluding carboxylic acids is 1. The zero-order chi connectivity index (χ0) is 18.4. The number of nitrogens with zero attached hydrogens (tertiary/aromatic N) is 4. The topological polar surface area (TPSA) is 98.5 Å². The summed E-state index contributed by atoms with van der Waals surface area (Å²) in [5, 5.41) is 11.6. The van der Waals surface area contributed by atoms with Gasteiger partial charge in [0.05, 0.1) is 17.6 Å². The van der Waals surface area contributed by atoms with Gasteiger partial charge in [0.1, 0.15) is 5.56 Å². The van der Waals surface area contributed by atoms with Gasteiger partial charge in [-0.05, 0) is 37.1 Å². The fraction of sp³-hybridized carbons (Fsp3) is 0.353. The van der Waals surface area contributed by atoms with Crippen molar-refractivity contribution in [1.82, 2.24) is 9.97 Å². The van der Waals surface area contributed by atoms with E-state index >= 15 is 0 Å². The van der Waals surface area contributed by atoms with Gasteiger partial charge in [0.25, 0.3) is 0 Å². The van der Waals surface area contributed by atoms with Crippen LogP contribution in [0.1, 0.15) is 42.2 Å². The number of esters is 1. The van der Waals surface area contributed by atoms with Gasteiger partial charge in [-0.15, -0.1) is 0 Å². The molecule has 0 bridgehead atoms. The summed E-state index contributed by atoms with van der Waals surface area (Å²) in [5.41, 5.74) is 0.502. The monoisotopic (exact) mass is 344 g/mol. The summed E-state index contributed by atoms with van der Waals surface area (Å²) in [5.74, 6) is -0.609. The fourth-order valence-corrected chi connectivity index (χ4v) is 2.72. The second-order valence-corrected chi connectivity index (χ2v) is 5.32. The van der Waals surface area contributed by atoms with Gasteiger partial charge in [-0.3, -0.25) is 15.1 Å². The zero-order valence-electron chi connectivity index (χ0n) is 14.4. The van der Waals surface area contributed by atoms with Crippen LogP contribution in [0.2, 0.25) is 0 Å². The Morgan fingerprint density at radius 1 is 1.28 bits per heavy atom. The molecule has 0 aliphatic carbocycles. The van der Waals surface area contributed by atoms with Crippen LogP contribution in [0.5, 0.6) is 0 Å². The van der Waals surface area contributed by atoms with Crippen molar-refractivity contribution in [2.45, 2.75) is 26.3 Å². The molecule has 2 rings (SSSR count). The van der Waals surface area contributed by atoms with Crippen LogP contribution in [-0.2, 0) is 4.74 Å². The van der Waals surface area contributed by atoms with Crippen molar-refractivity contribution in [3.8, 4) is 0 Å². The second kappa shape index (κ2) is 8.18. The molecule has 0 saturated heterocycles. The van der Waals surface area contributed by atoms with E-state index in [0.29, 0.717) is 6.42 Å². The Hall–Kier alpha value is -3.03. The average Bonchev–Trinajstić information content (AvgIpc) is 2.62. The molecule has 8 heteroatoms. The average molecular weight is 344 g/mol. The van der Waals surface area contributed by atoms with Crippen LogP contribution in [0.3, 0.4) is 0 Å². The number of nitro groups is 1. The summed E-state index contributed by atoms with van der Waals surface area (Å²) in [6, 6.07) is 4.87.